The van der Waals surface area contributed by atoms with E-state index in [4.69, 9.17) is 0 Å². The van der Waals surface area contributed by atoms with Gasteiger partial charge in [0, 0.05) is 0 Å². The summed E-state index contributed by atoms with van der Waals surface area (Å²) in [4.78, 5) is 0. The van der Waals surface area contributed by atoms with Gasteiger partial charge < -0.3 is 24.8 Å². The summed E-state index contributed by atoms with van der Waals surface area (Å²) in [6.45, 7) is 0. The Balaban J connectivity index is 0.00000114. The van der Waals surface area contributed by atoms with E-state index in [-0.39, 0.29) is 24.8 Å². The monoisotopic (exact) mass is 543 g/mol. The zero-order valence-corrected chi connectivity index (χ0v) is 22.2. The second kappa shape index (κ2) is 9.11. The van der Waals surface area contributed by atoms with Crippen molar-refractivity contribution in [1.82, 2.24) is 0 Å². The number of allylic oxidation sites excluding steroid dienone is 4. The predicted molar refractivity (Wildman–Crippen MR) is 129 cm³/mol. The minimum absolute atomic E-state index is 0. The van der Waals surface area contributed by atoms with E-state index in [9.17, 15) is 0 Å². The molecule has 0 nitrogen and oxygen atoms in total. The van der Waals surface area contributed by atoms with Crippen molar-refractivity contribution < 1.29 is 47.6 Å². The number of rotatable bonds is 2. The molecule has 33 heavy (non-hydrogen) atoms. The van der Waals surface area contributed by atoms with E-state index < -0.39 is 22.8 Å². The Bertz CT molecular complexity index is 1470. The zero-order valence-electron chi connectivity index (χ0n) is 18.2. The quantitative estimate of drug-likeness (QED) is 0.309. The molecule has 0 N–H and O–H groups in total. The molecule has 4 aromatic rings. The van der Waals surface area contributed by atoms with Gasteiger partial charge in [0.05, 0.1) is 0 Å². The minimum Gasteiger partial charge on any atom is -1.00 e. The molecule has 1 saturated carbocycles. The van der Waals surface area contributed by atoms with Gasteiger partial charge in [-0.2, -0.15) is 0 Å². The van der Waals surface area contributed by atoms with Gasteiger partial charge >= 0.3 is 195 Å². The van der Waals surface area contributed by atoms with Crippen LogP contribution in [-0.2, 0) is 29.2 Å². The van der Waals surface area contributed by atoms with Crippen LogP contribution in [0.25, 0.3) is 32.7 Å². The summed E-state index contributed by atoms with van der Waals surface area (Å²) in [5.41, 5.74) is 7.65. The Hall–Kier alpha value is -1.79. The summed E-state index contributed by atoms with van der Waals surface area (Å²) >= 11 is -0.753. The maximum Gasteiger partial charge on any atom is -1.00 e. The molecule has 0 heterocycles. The summed E-state index contributed by atoms with van der Waals surface area (Å²) in [6.07, 6.45) is 14.4. The number of halogens is 2. The van der Waals surface area contributed by atoms with Gasteiger partial charge in [-0.15, -0.1) is 0 Å². The van der Waals surface area contributed by atoms with Crippen LogP contribution in [0.3, 0.4) is 0 Å². The van der Waals surface area contributed by atoms with E-state index in [1.54, 1.807) is 19.8 Å². The Labute approximate surface area is 218 Å². The predicted octanol–water partition coefficient (Wildman–Crippen LogP) is 0.846. The van der Waals surface area contributed by atoms with Crippen LogP contribution in [-0.4, -0.2) is 3.21 Å². The second-order valence-electron chi connectivity index (χ2n) is 9.10. The van der Waals surface area contributed by atoms with Crippen molar-refractivity contribution in [3.63, 3.8) is 0 Å². The summed E-state index contributed by atoms with van der Waals surface area (Å²) in [5, 5.41) is 5.80. The van der Waals surface area contributed by atoms with Crippen LogP contribution < -0.4 is 28.1 Å². The fraction of sp³-hybridized carbons (Fsp3) is 0.167. The SMILES string of the molecule is C1=CC(c2ccc3ccc4c(c3[c]2[Zr+2]=[C]2CCC2)-c2c(ccc3ccccc23)C4)C=C1.[Cl-].[Cl-]. The van der Waals surface area contributed by atoms with E-state index >= 15 is 0 Å². The summed E-state index contributed by atoms with van der Waals surface area (Å²) in [6, 6.07) is 23.3. The average molecular weight is 546 g/mol. The smallest absolute Gasteiger partial charge is 1.00 e. The van der Waals surface area contributed by atoms with Crippen molar-refractivity contribution >= 4 is 28.0 Å². The largest absolute Gasteiger partial charge is 1.00 e. The maximum absolute atomic E-state index is 2.44. The van der Waals surface area contributed by atoms with Gasteiger partial charge in [-0.1, -0.05) is 0 Å². The zero-order chi connectivity index (χ0) is 20.4. The molecular weight excluding hydrogens is 522 g/mol. The number of hydrogen-bond donors (Lipinski definition) is 0. The van der Waals surface area contributed by atoms with Crippen molar-refractivity contribution in [2.75, 3.05) is 0 Å². The van der Waals surface area contributed by atoms with E-state index in [1.165, 1.54) is 52.1 Å². The third kappa shape index (κ3) is 3.65. The third-order valence-corrected chi connectivity index (χ3v) is 11.4. The van der Waals surface area contributed by atoms with Crippen molar-refractivity contribution in [2.24, 2.45) is 0 Å². The molecule has 0 unspecified atom stereocenters. The van der Waals surface area contributed by atoms with E-state index in [1.807, 2.05) is 3.21 Å². The summed E-state index contributed by atoms with van der Waals surface area (Å²) < 4.78 is 3.65. The standard InChI is InChI=1S/C26H17.C4H6.2ClH.Zr/c1-2-6-17(5-1)20-12-9-19-11-14-22-15-21-13-10-18-7-3-4-8-23(18)25(21)26(22)24(19)16-20;1-2-4-3-1;;;/h1-14,17H,15H2;1-3H2;2*1H;/q;;;;+2/p-2. The molecule has 0 radical (unpaired) electrons. The molecule has 7 rings (SSSR count). The first-order valence-corrected chi connectivity index (χ1v) is 13.9. The van der Waals surface area contributed by atoms with Crippen molar-refractivity contribution in [1.29, 1.82) is 0 Å². The van der Waals surface area contributed by atoms with Crippen LogP contribution in [0.5, 0.6) is 0 Å². The van der Waals surface area contributed by atoms with Gasteiger partial charge in [-0.05, 0) is 0 Å². The molecule has 0 aliphatic heterocycles. The molecule has 161 valence electrons. The molecule has 3 aliphatic rings. The summed E-state index contributed by atoms with van der Waals surface area (Å²) in [5.74, 6) is 0.449. The van der Waals surface area contributed by atoms with Gasteiger partial charge in [0.15, 0.2) is 0 Å². The van der Waals surface area contributed by atoms with E-state index in [0.29, 0.717) is 5.92 Å². The molecule has 0 atom stereocenters. The van der Waals surface area contributed by atoms with Crippen molar-refractivity contribution in [3.8, 4) is 11.1 Å². The first-order chi connectivity index (χ1) is 15.4. The van der Waals surface area contributed by atoms with E-state index in [2.05, 4.69) is 85.0 Å². The Kier molecular flexibility index (Phi) is 6.34. The number of fused-ring (bicyclic) bond motifs is 7. The number of hydrogen-bond acceptors (Lipinski definition) is 0. The molecular formula is C30H23Cl2Zr. The van der Waals surface area contributed by atoms with Gasteiger partial charge in [-0.25, -0.2) is 0 Å². The van der Waals surface area contributed by atoms with Crippen LogP contribution in [0.15, 0.2) is 85.0 Å². The van der Waals surface area contributed by atoms with Crippen LogP contribution in [0.4, 0.5) is 0 Å². The van der Waals surface area contributed by atoms with Gasteiger partial charge in [-0.3, -0.25) is 0 Å². The maximum atomic E-state index is 2.44. The number of benzene rings is 4. The Morgan fingerprint density at radius 1 is 0.697 bits per heavy atom. The van der Waals surface area contributed by atoms with Crippen molar-refractivity contribution in [2.45, 2.75) is 31.6 Å². The summed E-state index contributed by atoms with van der Waals surface area (Å²) in [7, 11) is 0. The molecule has 0 spiro atoms. The molecule has 0 amide bonds. The van der Waals surface area contributed by atoms with Gasteiger partial charge in [0.25, 0.3) is 0 Å². The van der Waals surface area contributed by atoms with Crippen molar-refractivity contribution in [3.05, 3.63) is 102 Å². The first kappa shape index (κ1) is 23.0. The van der Waals surface area contributed by atoms with Gasteiger partial charge in [0.1, 0.15) is 0 Å². The topological polar surface area (TPSA) is 0 Å². The molecule has 3 heteroatoms. The van der Waals surface area contributed by atoms with Gasteiger partial charge in [0.2, 0.25) is 0 Å². The Morgan fingerprint density at radius 2 is 1.39 bits per heavy atom. The fourth-order valence-corrected chi connectivity index (χ4v) is 9.87. The second-order valence-corrected chi connectivity index (χ2v) is 12.7. The molecule has 3 aliphatic carbocycles. The molecule has 0 aromatic heterocycles. The third-order valence-electron chi connectivity index (χ3n) is 7.32. The normalized spacial score (nSPS) is 15.6. The van der Waals surface area contributed by atoms with Crippen LogP contribution in [0.1, 0.15) is 41.9 Å². The van der Waals surface area contributed by atoms with Crippen LogP contribution in [0, 0.1) is 0 Å². The minimum atomic E-state index is -0.753. The molecule has 0 bridgehead atoms. The van der Waals surface area contributed by atoms with E-state index in [0.717, 1.165) is 6.42 Å². The first-order valence-electron chi connectivity index (χ1n) is 11.4. The Morgan fingerprint density at radius 3 is 2.15 bits per heavy atom. The average Bonchev–Trinajstić information content (AvgIpc) is 3.43. The fourth-order valence-electron chi connectivity index (χ4n) is 5.58. The molecule has 4 aromatic carbocycles. The molecule has 1 fully saturated rings. The molecule has 0 saturated heterocycles. The van der Waals surface area contributed by atoms with Crippen LogP contribution >= 0.6 is 0 Å². The van der Waals surface area contributed by atoms with Crippen LogP contribution in [0.2, 0.25) is 0 Å².